The van der Waals surface area contributed by atoms with Gasteiger partial charge >= 0.3 is 0 Å². The molecule has 2 atom stereocenters. The van der Waals surface area contributed by atoms with Crippen molar-refractivity contribution < 1.29 is 14.3 Å². The fourth-order valence-corrected chi connectivity index (χ4v) is 2.90. The fourth-order valence-electron chi connectivity index (χ4n) is 2.90. The van der Waals surface area contributed by atoms with Crippen LogP contribution >= 0.6 is 0 Å². The molecule has 1 aromatic carbocycles. The van der Waals surface area contributed by atoms with Gasteiger partial charge < -0.3 is 4.74 Å². The number of carbonyl (C=O) groups is 2. The molecule has 0 heterocycles. The molecule has 0 saturated heterocycles. The van der Waals surface area contributed by atoms with Crippen LogP contribution in [0.1, 0.15) is 31.4 Å². The molecule has 0 spiro atoms. The molecule has 3 nitrogen and oxygen atoms in total. The molecule has 2 unspecified atom stereocenters. The summed E-state index contributed by atoms with van der Waals surface area (Å²) in [7, 11) is 1.56. The van der Waals surface area contributed by atoms with E-state index in [4.69, 9.17) is 4.74 Å². The first-order valence-electron chi connectivity index (χ1n) is 6.34. The van der Waals surface area contributed by atoms with Crippen molar-refractivity contribution in [3.05, 3.63) is 41.5 Å². The highest BCUT2D eigenvalue weighted by Gasteiger charge is 2.45. The number of benzene rings is 1. The second-order valence-corrected chi connectivity index (χ2v) is 5.01. The maximum atomic E-state index is 11.9. The van der Waals surface area contributed by atoms with Gasteiger partial charge in [-0.1, -0.05) is 36.4 Å². The van der Waals surface area contributed by atoms with E-state index in [-0.39, 0.29) is 18.0 Å². The van der Waals surface area contributed by atoms with Crippen LogP contribution in [0.3, 0.4) is 0 Å². The van der Waals surface area contributed by atoms with Crippen LogP contribution in [-0.4, -0.2) is 18.7 Å². The van der Waals surface area contributed by atoms with E-state index in [0.29, 0.717) is 0 Å². The zero-order valence-electron chi connectivity index (χ0n) is 11.5. The van der Waals surface area contributed by atoms with Crippen LogP contribution in [0.4, 0.5) is 0 Å². The number of carbonyl (C=O) groups excluding carboxylic acids is 2. The predicted molar refractivity (Wildman–Crippen MR) is 73.6 cm³/mol. The molecule has 0 fully saturated rings. The van der Waals surface area contributed by atoms with Gasteiger partial charge in [0.25, 0.3) is 0 Å². The minimum Gasteiger partial charge on any atom is -0.372 e. The first-order chi connectivity index (χ1) is 9.01. The SMILES string of the molecule is COC1(CC(C)=O)c2ccccc2C=CC1C(C)=O. The molecule has 2 rings (SSSR count). The van der Waals surface area contributed by atoms with Crippen LogP contribution < -0.4 is 0 Å². The van der Waals surface area contributed by atoms with Gasteiger partial charge in [0.15, 0.2) is 0 Å². The Labute approximate surface area is 113 Å². The van der Waals surface area contributed by atoms with Gasteiger partial charge in [0.1, 0.15) is 17.2 Å². The van der Waals surface area contributed by atoms with Crippen molar-refractivity contribution >= 4 is 17.6 Å². The van der Waals surface area contributed by atoms with E-state index in [1.165, 1.54) is 13.8 Å². The van der Waals surface area contributed by atoms with Gasteiger partial charge in [0.2, 0.25) is 0 Å². The Morgan fingerprint density at radius 3 is 2.53 bits per heavy atom. The third-order valence-electron chi connectivity index (χ3n) is 3.70. The molecule has 0 N–H and O–H groups in total. The van der Waals surface area contributed by atoms with E-state index in [0.717, 1.165) is 11.1 Å². The van der Waals surface area contributed by atoms with Crippen molar-refractivity contribution in [2.45, 2.75) is 25.9 Å². The highest BCUT2D eigenvalue weighted by atomic mass is 16.5. The minimum atomic E-state index is -0.872. The molecule has 100 valence electrons. The maximum Gasteiger partial charge on any atom is 0.139 e. The van der Waals surface area contributed by atoms with E-state index in [1.807, 2.05) is 36.4 Å². The van der Waals surface area contributed by atoms with Crippen molar-refractivity contribution in [2.75, 3.05) is 7.11 Å². The summed E-state index contributed by atoms with van der Waals surface area (Å²) in [5.41, 5.74) is 1.04. The number of ether oxygens (including phenoxy) is 1. The van der Waals surface area contributed by atoms with Gasteiger partial charge in [0, 0.05) is 13.5 Å². The Bertz CT molecular complexity index is 545. The van der Waals surface area contributed by atoms with Gasteiger partial charge in [-0.05, 0) is 25.0 Å². The Balaban J connectivity index is 2.64. The number of hydrogen-bond donors (Lipinski definition) is 0. The highest BCUT2D eigenvalue weighted by molar-refractivity contribution is 5.87. The first kappa shape index (κ1) is 13.7. The summed E-state index contributed by atoms with van der Waals surface area (Å²) in [6.07, 6.45) is 3.98. The Kier molecular flexibility index (Phi) is 3.67. The van der Waals surface area contributed by atoms with Crippen LogP contribution in [0.2, 0.25) is 0 Å². The summed E-state index contributed by atoms with van der Waals surface area (Å²) in [5.74, 6) is -0.400. The van der Waals surface area contributed by atoms with Gasteiger partial charge in [-0.2, -0.15) is 0 Å². The average Bonchev–Trinajstić information content (AvgIpc) is 2.37. The lowest BCUT2D eigenvalue weighted by molar-refractivity contribution is -0.137. The molecule has 0 bridgehead atoms. The summed E-state index contributed by atoms with van der Waals surface area (Å²) in [6.45, 7) is 3.07. The predicted octanol–water partition coefficient (Wildman–Crippen LogP) is 2.74. The third-order valence-corrected chi connectivity index (χ3v) is 3.70. The van der Waals surface area contributed by atoms with Crippen LogP contribution in [-0.2, 0) is 19.9 Å². The first-order valence-corrected chi connectivity index (χ1v) is 6.34. The van der Waals surface area contributed by atoms with Crippen LogP contribution in [0.15, 0.2) is 30.3 Å². The van der Waals surface area contributed by atoms with Gasteiger partial charge in [-0.3, -0.25) is 9.59 Å². The molecule has 0 aromatic heterocycles. The quantitative estimate of drug-likeness (QED) is 0.834. The van der Waals surface area contributed by atoms with Crippen LogP contribution in [0.25, 0.3) is 6.08 Å². The standard InChI is InChI=1S/C16H18O3/c1-11(17)10-16(19-3)14(12(2)18)9-8-13-6-4-5-7-15(13)16/h4-9,14H,10H2,1-3H3. The Morgan fingerprint density at radius 1 is 1.26 bits per heavy atom. The highest BCUT2D eigenvalue weighted by Crippen LogP contribution is 2.43. The number of rotatable bonds is 4. The molecule has 0 radical (unpaired) electrons. The smallest absolute Gasteiger partial charge is 0.139 e. The van der Waals surface area contributed by atoms with Crippen molar-refractivity contribution in [1.82, 2.24) is 0 Å². The van der Waals surface area contributed by atoms with E-state index < -0.39 is 11.5 Å². The largest absolute Gasteiger partial charge is 0.372 e. The molecule has 1 aliphatic rings. The topological polar surface area (TPSA) is 43.4 Å². The Hall–Kier alpha value is -1.74. The number of fused-ring (bicyclic) bond motifs is 1. The summed E-state index contributed by atoms with van der Waals surface area (Å²) in [6, 6.07) is 7.74. The van der Waals surface area contributed by atoms with Gasteiger partial charge in [-0.15, -0.1) is 0 Å². The Morgan fingerprint density at radius 2 is 1.95 bits per heavy atom. The number of ketones is 2. The number of methoxy groups -OCH3 is 1. The molecule has 0 aliphatic heterocycles. The van der Waals surface area contributed by atoms with Crippen molar-refractivity contribution in [2.24, 2.45) is 5.92 Å². The van der Waals surface area contributed by atoms with Crippen molar-refractivity contribution in [1.29, 1.82) is 0 Å². The van der Waals surface area contributed by atoms with Crippen molar-refractivity contribution in [3.63, 3.8) is 0 Å². The molecule has 1 aromatic rings. The van der Waals surface area contributed by atoms with E-state index >= 15 is 0 Å². The van der Waals surface area contributed by atoms with E-state index in [9.17, 15) is 9.59 Å². The summed E-state index contributed by atoms with van der Waals surface area (Å²) in [5, 5.41) is 0. The molecule has 0 amide bonds. The monoisotopic (exact) mass is 258 g/mol. The molecular weight excluding hydrogens is 240 g/mol. The number of Topliss-reactive ketones (excluding diaryl/α,β-unsaturated/α-hetero) is 2. The second-order valence-electron chi connectivity index (χ2n) is 5.01. The second kappa shape index (κ2) is 5.10. The maximum absolute atomic E-state index is 11.9. The fraction of sp³-hybridized carbons (Fsp3) is 0.375. The lowest BCUT2D eigenvalue weighted by Gasteiger charge is -2.40. The van der Waals surface area contributed by atoms with Crippen LogP contribution in [0.5, 0.6) is 0 Å². The van der Waals surface area contributed by atoms with Crippen LogP contribution in [0, 0.1) is 5.92 Å². The summed E-state index contributed by atoms with van der Waals surface area (Å²) < 4.78 is 5.70. The van der Waals surface area contributed by atoms with E-state index in [2.05, 4.69) is 0 Å². The zero-order chi connectivity index (χ0) is 14.0. The minimum absolute atomic E-state index is 0.00820. The molecule has 1 aliphatic carbocycles. The lowest BCUT2D eigenvalue weighted by atomic mass is 9.71. The third kappa shape index (κ3) is 2.26. The summed E-state index contributed by atoms with van der Waals surface area (Å²) in [4.78, 5) is 23.6. The average molecular weight is 258 g/mol. The molecule has 3 heteroatoms. The van der Waals surface area contributed by atoms with Gasteiger partial charge in [-0.25, -0.2) is 0 Å². The van der Waals surface area contributed by atoms with Gasteiger partial charge in [0.05, 0.1) is 5.92 Å². The molecule has 0 saturated carbocycles. The summed E-state index contributed by atoms with van der Waals surface area (Å²) >= 11 is 0. The normalized spacial score (nSPS) is 24.9. The molecular formula is C16H18O3. The van der Waals surface area contributed by atoms with Crippen molar-refractivity contribution in [3.8, 4) is 0 Å². The molecule has 19 heavy (non-hydrogen) atoms. The van der Waals surface area contributed by atoms with E-state index in [1.54, 1.807) is 7.11 Å². The number of hydrogen-bond acceptors (Lipinski definition) is 3. The zero-order valence-corrected chi connectivity index (χ0v) is 11.5. The lowest BCUT2D eigenvalue weighted by Crippen LogP contribution is -2.43.